The molecule has 2 aromatic rings. The number of carbonyl (C=O) groups is 1. The number of hydrogen-bond acceptors (Lipinski definition) is 6. The quantitative estimate of drug-likeness (QED) is 0.848. The van der Waals surface area contributed by atoms with Gasteiger partial charge in [0.05, 0.1) is 17.8 Å². The van der Waals surface area contributed by atoms with Crippen LogP contribution >= 0.6 is 0 Å². The summed E-state index contributed by atoms with van der Waals surface area (Å²) < 4.78 is 0. The van der Waals surface area contributed by atoms with Crippen molar-refractivity contribution in [1.82, 2.24) is 20.3 Å². The van der Waals surface area contributed by atoms with E-state index >= 15 is 0 Å². The molecular weight excluding hydrogens is 354 g/mol. The zero-order valence-corrected chi connectivity index (χ0v) is 16.4. The van der Waals surface area contributed by atoms with Crippen molar-refractivity contribution in [3.05, 3.63) is 47.5 Å². The molecule has 0 spiro atoms. The molecule has 1 amide bonds. The molecule has 4 rings (SSSR count). The number of anilines is 1. The van der Waals surface area contributed by atoms with Crippen molar-refractivity contribution < 1.29 is 9.90 Å². The van der Waals surface area contributed by atoms with Crippen LogP contribution in [0.3, 0.4) is 0 Å². The highest BCUT2D eigenvalue weighted by Crippen LogP contribution is 2.40. The molecule has 0 saturated carbocycles. The number of hydrogen-bond donors (Lipinski definition) is 2. The third kappa shape index (κ3) is 3.99. The summed E-state index contributed by atoms with van der Waals surface area (Å²) in [5.74, 6) is 0.543. The van der Waals surface area contributed by atoms with Gasteiger partial charge in [0.15, 0.2) is 0 Å². The summed E-state index contributed by atoms with van der Waals surface area (Å²) in [7, 11) is 0. The van der Waals surface area contributed by atoms with Crippen LogP contribution in [0.4, 0.5) is 5.95 Å². The second-order valence-electron chi connectivity index (χ2n) is 8.58. The lowest BCUT2D eigenvalue weighted by Gasteiger charge is -2.37. The van der Waals surface area contributed by atoms with Crippen LogP contribution in [0, 0.1) is 5.41 Å². The lowest BCUT2D eigenvalue weighted by Crippen LogP contribution is -2.39. The minimum atomic E-state index is -0.223. The van der Waals surface area contributed by atoms with Crippen LogP contribution in [0.5, 0.6) is 0 Å². The van der Waals surface area contributed by atoms with Crippen LogP contribution in [-0.4, -0.2) is 45.2 Å². The fourth-order valence-electron chi connectivity index (χ4n) is 4.11. The summed E-state index contributed by atoms with van der Waals surface area (Å²) in [5.41, 5.74) is 2.43. The highest BCUT2D eigenvalue weighted by molar-refractivity contribution is 5.92. The SMILES string of the molecule is CC1(C)Cc2nc(N3CCC(O)CC3)ncc2[C@@H](NC(=O)c2ccccn2)C1. The highest BCUT2D eigenvalue weighted by atomic mass is 16.3. The summed E-state index contributed by atoms with van der Waals surface area (Å²) >= 11 is 0. The number of aliphatic hydroxyl groups is 1. The van der Waals surface area contributed by atoms with Gasteiger partial charge in [0.25, 0.3) is 5.91 Å². The Labute approximate surface area is 165 Å². The predicted octanol–water partition coefficient (Wildman–Crippen LogP) is 2.28. The van der Waals surface area contributed by atoms with E-state index in [1.165, 1.54) is 0 Å². The zero-order chi connectivity index (χ0) is 19.7. The minimum absolute atomic E-state index is 0.0266. The molecule has 28 heavy (non-hydrogen) atoms. The largest absolute Gasteiger partial charge is 0.393 e. The average Bonchev–Trinajstić information content (AvgIpc) is 2.68. The number of fused-ring (bicyclic) bond motifs is 1. The standard InChI is InChI=1S/C21H27N5O2/c1-21(2)11-17(24-19(28)16-5-3-4-8-22-16)15-13-23-20(25-18(15)12-21)26-9-6-14(27)7-10-26/h3-5,8,13-14,17,27H,6-7,9-12H2,1-2H3,(H,24,28)/t17-/m0/s1. The Morgan fingerprint density at radius 2 is 2.04 bits per heavy atom. The van der Waals surface area contributed by atoms with E-state index in [0.717, 1.165) is 56.0 Å². The maximum absolute atomic E-state index is 12.6. The molecule has 1 aliphatic carbocycles. The van der Waals surface area contributed by atoms with E-state index in [-0.39, 0.29) is 23.5 Å². The second kappa shape index (κ2) is 7.47. The summed E-state index contributed by atoms with van der Waals surface area (Å²) in [5, 5.41) is 12.9. The first-order chi connectivity index (χ1) is 13.4. The van der Waals surface area contributed by atoms with Gasteiger partial charge < -0.3 is 15.3 Å². The molecule has 0 bridgehead atoms. The topological polar surface area (TPSA) is 91.2 Å². The van der Waals surface area contributed by atoms with E-state index in [0.29, 0.717) is 5.69 Å². The second-order valence-corrected chi connectivity index (χ2v) is 8.58. The smallest absolute Gasteiger partial charge is 0.270 e. The van der Waals surface area contributed by atoms with E-state index in [9.17, 15) is 9.90 Å². The molecule has 1 aliphatic heterocycles. The molecule has 1 fully saturated rings. The van der Waals surface area contributed by atoms with E-state index in [1.807, 2.05) is 12.3 Å². The number of pyridine rings is 1. The number of aromatic nitrogens is 3. The Balaban J connectivity index is 1.58. The Bertz CT molecular complexity index is 847. The molecule has 7 nitrogen and oxygen atoms in total. The number of piperidine rings is 1. The molecule has 0 aromatic carbocycles. The third-order valence-electron chi connectivity index (χ3n) is 5.62. The monoisotopic (exact) mass is 381 g/mol. The minimum Gasteiger partial charge on any atom is -0.393 e. The van der Waals surface area contributed by atoms with Gasteiger partial charge in [0.2, 0.25) is 5.95 Å². The van der Waals surface area contributed by atoms with Crippen molar-refractivity contribution in [3.63, 3.8) is 0 Å². The van der Waals surface area contributed by atoms with Gasteiger partial charge in [-0.25, -0.2) is 9.97 Å². The maximum Gasteiger partial charge on any atom is 0.270 e. The van der Waals surface area contributed by atoms with E-state index in [1.54, 1.807) is 18.3 Å². The van der Waals surface area contributed by atoms with Gasteiger partial charge in [-0.3, -0.25) is 9.78 Å². The third-order valence-corrected chi connectivity index (χ3v) is 5.62. The molecule has 0 unspecified atom stereocenters. The molecular formula is C21H27N5O2. The molecule has 7 heteroatoms. The van der Waals surface area contributed by atoms with E-state index in [2.05, 4.69) is 34.0 Å². The van der Waals surface area contributed by atoms with Gasteiger partial charge in [0.1, 0.15) is 5.69 Å². The van der Waals surface area contributed by atoms with Crippen molar-refractivity contribution >= 4 is 11.9 Å². The summed E-state index contributed by atoms with van der Waals surface area (Å²) in [6.45, 7) is 5.94. The van der Waals surface area contributed by atoms with Crippen LogP contribution in [-0.2, 0) is 6.42 Å². The van der Waals surface area contributed by atoms with Crippen LogP contribution in [0.25, 0.3) is 0 Å². The number of nitrogens with zero attached hydrogens (tertiary/aromatic N) is 4. The average molecular weight is 381 g/mol. The van der Waals surface area contributed by atoms with Gasteiger partial charge >= 0.3 is 0 Å². The van der Waals surface area contributed by atoms with Gasteiger partial charge in [-0.2, -0.15) is 0 Å². The molecule has 148 valence electrons. The van der Waals surface area contributed by atoms with E-state index in [4.69, 9.17) is 4.98 Å². The Morgan fingerprint density at radius 3 is 2.75 bits per heavy atom. The van der Waals surface area contributed by atoms with Crippen molar-refractivity contribution in [2.75, 3.05) is 18.0 Å². The fraction of sp³-hybridized carbons (Fsp3) is 0.524. The van der Waals surface area contributed by atoms with Crippen LogP contribution < -0.4 is 10.2 Å². The molecule has 2 N–H and O–H groups in total. The number of rotatable bonds is 3. The summed E-state index contributed by atoms with van der Waals surface area (Å²) in [6, 6.07) is 5.19. The normalized spacial score (nSPS) is 21.8. The van der Waals surface area contributed by atoms with Gasteiger partial charge in [0, 0.05) is 31.0 Å². The fourth-order valence-corrected chi connectivity index (χ4v) is 4.11. The van der Waals surface area contributed by atoms with Gasteiger partial charge in [-0.15, -0.1) is 0 Å². The van der Waals surface area contributed by atoms with Crippen molar-refractivity contribution in [3.8, 4) is 0 Å². The first-order valence-corrected chi connectivity index (χ1v) is 9.92. The number of nitrogens with one attached hydrogen (secondary N) is 1. The highest BCUT2D eigenvalue weighted by Gasteiger charge is 2.35. The number of carbonyl (C=O) groups excluding carboxylic acids is 1. The predicted molar refractivity (Wildman–Crippen MR) is 106 cm³/mol. The Hall–Kier alpha value is -2.54. The lowest BCUT2D eigenvalue weighted by molar-refractivity contribution is 0.0914. The molecule has 2 aromatic heterocycles. The van der Waals surface area contributed by atoms with Crippen LogP contribution in [0.15, 0.2) is 30.6 Å². The van der Waals surface area contributed by atoms with E-state index < -0.39 is 0 Å². The summed E-state index contributed by atoms with van der Waals surface area (Å²) in [6.07, 6.45) is 6.43. The Morgan fingerprint density at radius 1 is 1.25 bits per heavy atom. The molecule has 1 saturated heterocycles. The van der Waals surface area contributed by atoms with Crippen LogP contribution in [0.2, 0.25) is 0 Å². The zero-order valence-electron chi connectivity index (χ0n) is 16.4. The lowest BCUT2D eigenvalue weighted by atomic mass is 9.74. The van der Waals surface area contributed by atoms with Crippen molar-refractivity contribution in [1.29, 1.82) is 0 Å². The molecule has 0 radical (unpaired) electrons. The van der Waals surface area contributed by atoms with Crippen LogP contribution in [0.1, 0.15) is 60.9 Å². The van der Waals surface area contributed by atoms with Gasteiger partial charge in [-0.05, 0) is 43.2 Å². The summed E-state index contributed by atoms with van der Waals surface area (Å²) in [4.78, 5) is 28.4. The Kier molecular flexibility index (Phi) is 5.02. The van der Waals surface area contributed by atoms with Gasteiger partial charge in [-0.1, -0.05) is 19.9 Å². The molecule has 3 heterocycles. The van der Waals surface area contributed by atoms with Crippen molar-refractivity contribution in [2.24, 2.45) is 5.41 Å². The first-order valence-electron chi connectivity index (χ1n) is 9.92. The maximum atomic E-state index is 12.6. The van der Waals surface area contributed by atoms with Crippen molar-refractivity contribution in [2.45, 2.75) is 51.7 Å². The number of aliphatic hydroxyl groups excluding tert-OH is 1. The number of amides is 1. The molecule has 1 atom stereocenters. The molecule has 2 aliphatic rings. The first kappa shape index (κ1) is 18.8.